The van der Waals surface area contributed by atoms with Gasteiger partial charge in [-0.1, -0.05) is 30.3 Å². The molecule has 0 aliphatic rings. The van der Waals surface area contributed by atoms with Gasteiger partial charge in [0, 0.05) is 18.2 Å². The molecule has 2 aromatic rings. The van der Waals surface area contributed by atoms with E-state index < -0.39 is 23.3 Å². The summed E-state index contributed by atoms with van der Waals surface area (Å²) in [6.07, 6.45) is 1.56. The molecule has 0 spiro atoms. The number of aryl methyl sites for hydroxylation is 1. The summed E-state index contributed by atoms with van der Waals surface area (Å²) < 4.78 is 18.3. The van der Waals surface area contributed by atoms with E-state index >= 15 is 0 Å². The summed E-state index contributed by atoms with van der Waals surface area (Å²) in [5.41, 5.74) is 0.793. The van der Waals surface area contributed by atoms with Crippen molar-refractivity contribution < 1.29 is 18.8 Å². The first-order chi connectivity index (χ1) is 12.0. The molecule has 6 nitrogen and oxygen atoms in total. The fourth-order valence-corrected chi connectivity index (χ4v) is 2.31. The number of hydrogen-bond donors (Lipinski definition) is 1. The van der Waals surface area contributed by atoms with Crippen molar-refractivity contribution in [2.45, 2.75) is 25.8 Å². The van der Waals surface area contributed by atoms with Gasteiger partial charge in [-0.3, -0.25) is 14.9 Å². The molecular weight excluding hydrogens is 327 g/mol. The van der Waals surface area contributed by atoms with E-state index in [1.807, 2.05) is 37.3 Å². The number of carbonyl (C=O) groups is 1. The summed E-state index contributed by atoms with van der Waals surface area (Å²) in [5.74, 6) is -1.35. The molecule has 1 atom stereocenters. The van der Waals surface area contributed by atoms with Crippen molar-refractivity contribution in [2.24, 2.45) is 0 Å². The quantitative estimate of drug-likeness (QED) is 0.588. The van der Waals surface area contributed by atoms with E-state index in [1.54, 1.807) is 0 Å². The van der Waals surface area contributed by atoms with E-state index in [9.17, 15) is 19.3 Å². The number of benzene rings is 2. The largest absolute Gasteiger partial charge is 0.477 e. The van der Waals surface area contributed by atoms with Crippen molar-refractivity contribution in [3.05, 3.63) is 70.0 Å². The number of carbonyl (C=O) groups excluding carboxylic acids is 1. The van der Waals surface area contributed by atoms with Crippen molar-refractivity contribution >= 4 is 11.6 Å². The third kappa shape index (κ3) is 5.87. The predicted molar refractivity (Wildman–Crippen MR) is 90.9 cm³/mol. The molecule has 0 radical (unpaired) electrons. The molecular formula is C18H19FN2O4. The average molecular weight is 346 g/mol. The molecule has 0 bridgehead atoms. The molecule has 0 saturated carbocycles. The first-order valence-corrected chi connectivity index (χ1v) is 7.85. The van der Waals surface area contributed by atoms with E-state index in [4.69, 9.17) is 4.74 Å². The number of nitrogens with zero attached hydrogens (tertiary/aromatic N) is 1. The lowest BCUT2D eigenvalue weighted by Gasteiger charge is -2.14. The van der Waals surface area contributed by atoms with Crippen LogP contribution in [0.1, 0.15) is 18.9 Å². The van der Waals surface area contributed by atoms with Crippen LogP contribution in [0.3, 0.4) is 0 Å². The Morgan fingerprint density at radius 2 is 2.00 bits per heavy atom. The van der Waals surface area contributed by atoms with Gasteiger partial charge in [-0.2, -0.15) is 0 Å². The van der Waals surface area contributed by atoms with Gasteiger partial charge in [-0.05, 0) is 31.4 Å². The number of amides is 1. The summed E-state index contributed by atoms with van der Waals surface area (Å²) >= 11 is 0. The van der Waals surface area contributed by atoms with Crippen LogP contribution < -0.4 is 10.1 Å². The molecule has 0 aromatic heterocycles. The van der Waals surface area contributed by atoms with Crippen molar-refractivity contribution in [2.75, 3.05) is 6.61 Å². The van der Waals surface area contributed by atoms with Crippen LogP contribution in [0.4, 0.5) is 10.1 Å². The normalized spacial score (nSPS) is 11.6. The van der Waals surface area contributed by atoms with Crippen LogP contribution in [-0.4, -0.2) is 23.5 Å². The standard InChI is InChI=1S/C18H19FN2O4/c1-13(7-8-14-5-3-2-4-6-14)20-18(22)12-25-17-11-15(19)9-10-16(17)21(23)24/h2-6,9-11,13H,7-8,12H2,1H3,(H,20,22)/t13-/m1/s1. The maximum atomic E-state index is 13.2. The molecule has 0 aliphatic heterocycles. The van der Waals surface area contributed by atoms with Gasteiger partial charge in [0.25, 0.3) is 5.91 Å². The minimum atomic E-state index is -0.685. The molecule has 0 saturated heterocycles. The lowest BCUT2D eigenvalue weighted by molar-refractivity contribution is -0.385. The summed E-state index contributed by atoms with van der Waals surface area (Å²) in [6, 6.07) is 12.7. The highest BCUT2D eigenvalue weighted by atomic mass is 19.1. The van der Waals surface area contributed by atoms with Gasteiger partial charge in [-0.15, -0.1) is 0 Å². The van der Waals surface area contributed by atoms with E-state index in [2.05, 4.69) is 5.32 Å². The van der Waals surface area contributed by atoms with Crippen LogP contribution >= 0.6 is 0 Å². The first kappa shape index (κ1) is 18.4. The molecule has 0 unspecified atom stereocenters. The van der Waals surface area contributed by atoms with E-state index in [-0.39, 0.29) is 17.5 Å². The van der Waals surface area contributed by atoms with Gasteiger partial charge >= 0.3 is 5.69 Å². The molecule has 132 valence electrons. The average Bonchev–Trinajstić information content (AvgIpc) is 2.59. The van der Waals surface area contributed by atoms with Gasteiger partial charge in [0.1, 0.15) is 5.82 Å². The number of nitro benzene ring substituents is 1. The second kappa shape index (κ2) is 8.77. The van der Waals surface area contributed by atoms with Gasteiger partial charge in [0.05, 0.1) is 4.92 Å². The maximum Gasteiger partial charge on any atom is 0.311 e. The third-order valence-corrected chi connectivity index (χ3v) is 3.59. The molecule has 2 rings (SSSR count). The summed E-state index contributed by atoms with van der Waals surface area (Å²) in [7, 11) is 0. The van der Waals surface area contributed by atoms with Crippen molar-refractivity contribution in [1.82, 2.24) is 5.32 Å². The highest BCUT2D eigenvalue weighted by Crippen LogP contribution is 2.27. The van der Waals surface area contributed by atoms with E-state index in [1.165, 1.54) is 5.56 Å². The molecule has 0 aliphatic carbocycles. The molecule has 2 aromatic carbocycles. The zero-order valence-electron chi connectivity index (χ0n) is 13.8. The van der Waals surface area contributed by atoms with Crippen LogP contribution in [0.25, 0.3) is 0 Å². The number of hydrogen-bond acceptors (Lipinski definition) is 4. The highest BCUT2D eigenvalue weighted by Gasteiger charge is 2.17. The van der Waals surface area contributed by atoms with Gasteiger partial charge in [-0.25, -0.2) is 4.39 Å². The highest BCUT2D eigenvalue weighted by molar-refractivity contribution is 5.78. The third-order valence-electron chi connectivity index (χ3n) is 3.59. The summed E-state index contributed by atoms with van der Waals surface area (Å²) in [5, 5.41) is 13.6. The molecule has 1 N–H and O–H groups in total. The van der Waals surface area contributed by atoms with Crippen LogP contribution in [0.15, 0.2) is 48.5 Å². The Kier molecular flexibility index (Phi) is 6.45. The Balaban J connectivity index is 1.82. The smallest absolute Gasteiger partial charge is 0.311 e. The number of halogens is 1. The number of nitrogens with one attached hydrogen (secondary N) is 1. The predicted octanol–water partition coefficient (Wildman–Crippen LogP) is 3.25. The second-order valence-electron chi connectivity index (χ2n) is 5.65. The Bertz CT molecular complexity index is 737. The molecule has 7 heteroatoms. The first-order valence-electron chi connectivity index (χ1n) is 7.85. The zero-order chi connectivity index (χ0) is 18.2. The van der Waals surface area contributed by atoms with Crippen molar-refractivity contribution in [1.29, 1.82) is 0 Å². The fourth-order valence-electron chi connectivity index (χ4n) is 2.31. The lowest BCUT2D eigenvalue weighted by Crippen LogP contribution is -2.36. The summed E-state index contributed by atoms with van der Waals surface area (Å²) in [4.78, 5) is 22.1. The van der Waals surface area contributed by atoms with Crippen LogP contribution in [-0.2, 0) is 11.2 Å². The zero-order valence-corrected chi connectivity index (χ0v) is 13.8. The second-order valence-corrected chi connectivity index (χ2v) is 5.65. The molecule has 0 fully saturated rings. The monoisotopic (exact) mass is 346 g/mol. The van der Waals surface area contributed by atoms with Crippen LogP contribution in [0, 0.1) is 15.9 Å². The maximum absolute atomic E-state index is 13.2. The number of ether oxygens (including phenoxy) is 1. The van der Waals surface area contributed by atoms with Gasteiger partial charge < -0.3 is 10.1 Å². The lowest BCUT2D eigenvalue weighted by atomic mass is 10.1. The topological polar surface area (TPSA) is 81.5 Å². The number of rotatable bonds is 8. The Hall–Kier alpha value is -2.96. The van der Waals surface area contributed by atoms with Gasteiger partial charge in [0.15, 0.2) is 6.61 Å². The Morgan fingerprint density at radius 1 is 1.28 bits per heavy atom. The molecule has 0 heterocycles. The minimum absolute atomic E-state index is 0.0844. The Morgan fingerprint density at radius 3 is 2.68 bits per heavy atom. The molecule has 1 amide bonds. The fraction of sp³-hybridized carbons (Fsp3) is 0.278. The van der Waals surface area contributed by atoms with E-state index in [0.717, 1.165) is 31.0 Å². The van der Waals surface area contributed by atoms with E-state index in [0.29, 0.717) is 0 Å². The number of nitro groups is 1. The SMILES string of the molecule is C[C@H](CCc1ccccc1)NC(=O)COc1cc(F)ccc1[N+](=O)[O-]. The minimum Gasteiger partial charge on any atom is -0.477 e. The van der Waals surface area contributed by atoms with Gasteiger partial charge in [0.2, 0.25) is 5.75 Å². The Labute approximate surface area is 144 Å². The molecule has 25 heavy (non-hydrogen) atoms. The van der Waals surface area contributed by atoms with Crippen molar-refractivity contribution in [3.8, 4) is 5.75 Å². The van der Waals surface area contributed by atoms with Crippen molar-refractivity contribution in [3.63, 3.8) is 0 Å². The van der Waals surface area contributed by atoms with Crippen LogP contribution in [0.2, 0.25) is 0 Å². The van der Waals surface area contributed by atoms with Crippen LogP contribution in [0.5, 0.6) is 5.75 Å². The summed E-state index contributed by atoms with van der Waals surface area (Å²) in [6.45, 7) is 1.45.